The molecule has 2 aromatic rings. The Morgan fingerprint density at radius 1 is 1.13 bits per heavy atom. The van der Waals surface area contributed by atoms with Gasteiger partial charge in [-0.1, -0.05) is 36.4 Å². The molecule has 0 aromatic heterocycles. The van der Waals surface area contributed by atoms with Crippen LogP contribution in [0.15, 0.2) is 67.3 Å². The van der Waals surface area contributed by atoms with Crippen molar-refractivity contribution in [3.05, 3.63) is 76.4 Å². The number of likely N-dealkylation sites (tertiary alicyclic amines) is 1. The van der Waals surface area contributed by atoms with Gasteiger partial charge in [0.1, 0.15) is 5.54 Å². The second-order valence-corrected chi connectivity index (χ2v) is 9.33. The summed E-state index contributed by atoms with van der Waals surface area (Å²) in [7, 11) is 0. The van der Waals surface area contributed by atoms with E-state index in [4.69, 9.17) is 0 Å². The van der Waals surface area contributed by atoms with E-state index in [1.54, 1.807) is 11.0 Å². The number of halogens is 1. The zero-order valence-electron chi connectivity index (χ0n) is 18.2. The van der Waals surface area contributed by atoms with Gasteiger partial charge in [0.25, 0.3) is 5.91 Å². The number of hydrogen-bond acceptors (Lipinski definition) is 3. The number of nitrogens with one attached hydrogen (secondary N) is 1. The number of carbonyl (C=O) groups excluding carboxylic acids is 2. The largest absolute Gasteiger partial charge is 0.324 e. The molecule has 31 heavy (non-hydrogen) atoms. The fourth-order valence-electron chi connectivity index (χ4n) is 4.16. The molecule has 2 aromatic carbocycles. The lowest BCUT2D eigenvalue weighted by Gasteiger charge is -2.48. The molecule has 0 unspecified atom stereocenters. The van der Waals surface area contributed by atoms with Crippen molar-refractivity contribution in [1.82, 2.24) is 9.80 Å². The van der Waals surface area contributed by atoms with Gasteiger partial charge in [-0.05, 0) is 73.5 Å². The number of carbonyl (C=O) groups is 2. The molecule has 164 valence electrons. The average molecular weight is 531 g/mol. The SMILES string of the molecule is C=CCN(C(=O)c1ccccc1I)C1(C(=O)Nc2ccccc2)CCN(C(C)C)CC1. The van der Waals surface area contributed by atoms with E-state index in [0.29, 0.717) is 31.0 Å². The molecule has 1 saturated heterocycles. The topological polar surface area (TPSA) is 52.7 Å². The molecule has 2 amide bonds. The molecule has 0 spiro atoms. The summed E-state index contributed by atoms with van der Waals surface area (Å²) in [5.74, 6) is -0.269. The van der Waals surface area contributed by atoms with E-state index in [0.717, 1.165) is 22.3 Å². The number of benzene rings is 2. The van der Waals surface area contributed by atoms with E-state index in [1.807, 2.05) is 54.6 Å². The first-order valence-corrected chi connectivity index (χ1v) is 11.7. The van der Waals surface area contributed by atoms with Gasteiger partial charge >= 0.3 is 0 Å². The molecule has 0 bridgehead atoms. The lowest BCUT2D eigenvalue weighted by Crippen LogP contribution is -2.64. The highest BCUT2D eigenvalue weighted by Gasteiger charge is 2.48. The summed E-state index contributed by atoms with van der Waals surface area (Å²) >= 11 is 2.18. The Kier molecular flexibility index (Phi) is 7.89. The van der Waals surface area contributed by atoms with Crippen molar-refractivity contribution >= 4 is 40.1 Å². The third-order valence-corrected chi connectivity index (χ3v) is 6.93. The minimum Gasteiger partial charge on any atom is -0.324 e. The van der Waals surface area contributed by atoms with Gasteiger partial charge in [0.2, 0.25) is 5.91 Å². The van der Waals surface area contributed by atoms with Crippen LogP contribution < -0.4 is 5.32 Å². The molecule has 0 aliphatic carbocycles. The molecule has 1 aliphatic rings. The number of hydrogen-bond donors (Lipinski definition) is 1. The zero-order chi connectivity index (χ0) is 22.4. The Morgan fingerprint density at radius 3 is 2.32 bits per heavy atom. The van der Waals surface area contributed by atoms with E-state index in [2.05, 4.69) is 53.2 Å². The standard InChI is InChI=1S/C25H30IN3O2/c1-4-16-29(23(30)21-12-8-9-13-22(21)26)25(14-17-28(18-15-25)19(2)3)24(31)27-20-10-6-5-7-11-20/h4-13,19H,1,14-18H2,2-3H3,(H,27,31). The van der Waals surface area contributed by atoms with Crippen molar-refractivity contribution in [3.63, 3.8) is 0 Å². The molecule has 1 aliphatic heterocycles. The van der Waals surface area contributed by atoms with Gasteiger partial charge < -0.3 is 15.1 Å². The van der Waals surface area contributed by atoms with Gasteiger partial charge in [-0.15, -0.1) is 6.58 Å². The van der Waals surface area contributed by atoms with Crippen LogP contribution in [-0.4, -0.2) is 52.8 Å². The molecule has 3 rings (SSSR count). The van der Waals surface area contributed by atoms with Crippen molar-refractivity contribution in [2.45, 2.75) is 38.3 Å². The Balaban J connectivity index is 2.00. The van der Waals surface area contributed by atoms with Crippen LogP contribution in [0.4, 0.5) is 5.69 Å². The van der Waals surface area contributed by atoms with Crippen LogP contribution in [0.5, 0.6) is 0 Å². The zero-order valence-corrected chi connectivity index (χ0v) is 20.3. The number of amides is 2. The monoisotopic (exact) mass is 531 g/mol. The fraction of sp³-hybridized carbons (Fsp3) is 0.360. The second-order valence-electron chi connectivity index (χ2n) is 8.17. The van der Waals surface area contributed by atoms with Gasteiger partial charge in [0.05, 0.1) is 5.56 Å². The van der Waals surface area contributed by atoms with Crippen molar-refractivity contribution in [1.29, 1.82) is 0 Å². The molecule has 5 nitrogen and oxygen atoms in total. The highest BCUT2D eigenvalue weighted by molar-refractivity contribution is 14.1. The van der Waals surface area contributed by atoms with E-state index in [9.17, 15) is 9.59 Å². The van der Waals surface area contributed by atoms with E-state index in [-0.39, 0.29) is 11.8 Å². The van der Waals surface area contributed by atoms with Gasteiger partial charge in [-0.25, -0.2) is 0 Å². The molecule has 1 fully saturated rings. The van der Waals surface area contributed by atoms with Crippen molar-refractivity contribution < 1.29 is 9.59 Å². The number of nitrogens with zero attached hydrogens (tertiary/aromatic N) is 2. The molecule has 0 atom stereocenters. The van der Waals surface area contributed by atoms with Crippen LogP contribution in [0.25, 0.3) is 0 Å². The molecule has 6 heteroatoms. The van der Waals surface area contributed by atoms with Gasteiger partial charge in [-0.3, -0.25) is 9.59 Å². The smallest absolute Gasteiger partial charge is 0.256 e. The summed E-state index contributed by atoms with van der Waals surface area (Å²) < 4.78 is 0.873. The highest BCUT2D eigenvalue weighted by Crippen LogP contribution is 2.33. The maximum absolute atomic E-state index is 13.7. The van der Waals surface area contributed by atoms with Gasteiger partial charge in [0, 0.05) is 34.9 Å². The van der Waals surface area contributed by atoms with E-state index in [1.165, 1.54) is 0 Å². The fourth-order valence-corrected chi connectivity index (χ4v) is 4.78. The normalized spacial score (nSPS) is 16.0. The highest BCUT2D eigenvalue weighted by atomic mass is 127. The van der Waals surface area contributed by atoms with Crippen molar-refractivity contribution in [3.8, 4) is 0 Å². The first-order chi connectivity index (χ1) is 14.9. The Bertz CT molecular complexity index is 921. The Morgan fingerprint density at radius 2 is 1.74 bits per heavy atom. The lowest BCUT2D eigenvalue weighted by molar-refractivity contribution is -0.129. The van der Waals surface area contributed by atoms with Crippen LogP contribution in [-0.2, 0) is 4.79 Å². The molecular weight excluding hydrogens is 501 g/mol. The summed E-state index contributed by atoms with van der Waals surface area (Å²) in [5, 5.41) is 3.07. The van der Waals surface area contributed by atoms with Crippen LogP contribution in [0.1, 0.15) is 37.0 Å². The summed E-state index contributed by atoms with van der Waals surface area (Å²) in [6.07, 6.45) is 2.86. The van der Waals surface area contributed by atoms with Crippen molar-refractivity contribution in [2.75, 3.05) is 25.0 Å². The molecule has 0 radical (unpaired) electrons. The molecule has 0 saturated carbocycles. The van der Waals surface area contributed by atoms with Gasteiger partial charge in [0.15, 0.2) is 0 Å². The maximum Gasteiger partial charge on any atom is 0.256 e. The predicted octanol–water partition coefficient (Wildman–Crippen LogP) is 4.80. The Hall–Kier alpha value is -2.19. The van der Waals surface area contributed by atoms with Gasteiger partial charge in [-0.2, -0.15) is 0 Å². The molecule has 1 N–H and O–H groups in total. The summed E-state index contributed by atoms with van der Waals surface area (Å²) in [5.41, 5.74) is 0.410. The number of rotatable bonds is 7. The van der Waals surface area contributed by atoms with Crippen molar-refractivity contribution in [2.24, 2.45) is 0 Å². The third kappa shape index (κ3) is 5.18. The maximum atomic E-state index is 13.7. The summed E-state index contributed by atoms with van der Waals surface area (Å²) in [6.45, 7) is 10.0. The van der Waals surface area contributed by atoms with E-state index < -0.39 is 5.54 Å². The van der Waals surface area contributed by atoms with Crippen LogP contribution >= 0.6 is 22.6 Å². The predicted molar refractivity (Wildman–Crippen MR) is 134 cm³/mol. The van der Waals surface area contributed by atoms with Crippen LogP contribution in [0.3, 0.4) is 0 Å². The Labute approximate surface area is 198 Å². The summed E-state index contributed by atoms with van der Waals surface area (Å²) in [6, 6.07) is 17.3. The molecular formula is C25H30IN3O2. The molecule has 1 heterocycles. The number of anilines is 1. The summed E-state index contributed by atoms with van der Waals surface area (Å²) in [4.78, 5) is 31.5. The first kappa shape index (κ1) is 23.5. The van der Waals surface area contributed by atoms with E-state index >= 15 is 0 Å². The quantitative estimate of drug-likeness (QED) is 0.413. The number of para-hydroxylation sites is 1. The minimum absolute atomic E-state index is 0.133. The van der Waals surface area contributed by atoms with Crippen LogP contribution in [0.2, 0.25) is 0 Å². The lowest BCUT2D eigenvalue weighted by atomic mass is 9.83. The second kappa shape index (κ2) is 10.4. The third-order valence-electron chi connectivity index (χ3n) is 5.99. The number of piperidine rings is 1. The minimum atomic E-state index is -0.939. The average Bonchev–Trinajstić information content (AvgIpc) is 2.78. The first-order valence-electron chi connectivity index (χ1n) is 10.7. The van der Waals surface area contributed by atoms with Crippen LogP contribution in [0, 0.1) is 3.57 Å².